The largest absolute Gasteiger partial charge is 0.452 e. The number of hydrogen-bond donors (Lipinski definition) is 1. The van der Waals surface area contributed by atoms with Gasteiger partial charge in [-0.3, -0.25) is 4.79 Å². The van der Waals surface area contributed by atoms with Crippen LogP contribution in [0.1, 0.15) is 22.3 Å². The van der Waals surface area contributed by atoms with Crippen molar-refractivity contribution in [1.29, 1.82) is 0 Å². The highest BCUT2D eigenvalue weighted by Gasteiger charge is 2.10. The molecule has 1 N–H and O–H groups in total. The molecule has 27 heavy (non-hydrogen) atoms. The summed E-state index contributed by atoms with van der Waals surface area (Å²) in [4.78, 5) is 23.8. The second-order valence-corrected chi connectivity index (χ2v) is 5.82. The topological polar surface area (TPSA) is 99.0 Å². The number of aromatic nitrogens is 4. The van der Waals surface area contributed by atoms with Crippen LogP contribution in [0.25, 0.3) is 5.69 Å². The van der Waals surface area contributed by atoms with E-state index in [1.807, 2.05) is 30.3 Å². The Morgan fingerprint density at radius 3 is 2.52 bits per heavy atom. The SMILES string of the molecule is O=C(COC(=O)c1ccc(-n2cnnn2)cc1)NCCCc1ccccc1. The predicted molar refractivity (Wildman–Crippen MR) is 97.2 cm³/mol. The molecule has 0 unspecified atom stereocenters. The Hall–Kier alpha value is -3.55. The van der Waals surface area contributed by atoms with Crippen molar-refractivity contribution < 1.29 is 14.3 Å². The van der Waals surface area contributed by atoms with Crippen LogP contribution in [0.2, 0.25) is 0 Å². The van der Waals surface area contributed by atoms with Gasteiger partial charge < -0.3 is 10.1 Å². The molecule has 2 aromatic carbocycles. The maximum Gasteiger partial charge on any atom is 0.338 e. The third-order valence-electron chi connectivity index (χ3n) is 3.86. The van der Waals surface area contributed by atoms with Gasteiger partial charge in [-0.05, 0) is 53.1 Å². The van der Waals surface area contributed by atoms with Crippen molar-refractivity contribution in [3.8, 4) is 5.69 Å². The summed E-state index contributed by atoms with van der Waals surface area (Å²) in [6.45, 7) is 0.227. The average Bonchev–Trinajstić information content (AvgIpc) is 3.25. The first-order valence-electron chi connectivity index (χ1n) is 8.53. The highest BCUT2D eigenvalue weighted by atomic mass is 16.5. The first kappa shape index (κ1) is 18.2. The number of rotatable bonds is 8. The number of nitrogens with zero attached hydrogens (tertiary/aromatic N) is 4. The number of aryl methyl sites for hydroxylation is 1. The standard InChI is InChI=1S/C19H19N5O3/c25-18(20-12-4-7-15-5-2-1-3-6-15)13-27-19(26)16-8-10-17(11-9-16)24-14-21-22-23-24/h1-3,5-6,8-11,14H,4,7,12-13H2,(H,20,25). The van der Waals surface area contributed by atoms with Crippen LogP contribution in [0.4, 0.5) is 0 Å². The van der Waals surface area contributed by atoms with Crippen LogP contribution in [0.5, 0.6) is 0 Å². The highest BCUT2D eigenvalue weighted by Crippen LogP contribution is 2.09. The number of nitrogens with one attached hydrogen (secondary N) is 1. The number of carbonyl (C=O) groups excluding carboxylic acids is 2. The second kappa shape index (κ2) is 9.23. The quantitative estimate of drug-likeness (QED) is 0.480. The molecular weight excluding hydrogens is 346 g/mol. The third-order valence-corrected chi connectivity index (χ3v) is 3.86. The molecular formula is C19H19N5O3. The summed E-state index contributed by atoms with van der Waals surface area (Å²) in [7, 11) is 0. The fourth-order valence-electron chi connectivity index (χ4n) is 2.46. The molecule has 8 heteroatoms. The molecule has 0 saturated carbocycles. The maximum absolute atomic E-state index is 12.0. The number of benzene rings is 2. The van der Waals surface area contributed by atoms with Crippen molar-refractivity contribution in [2.75, 3.05) is 13.2 Å². The van der Waals surface area contributed by atoms with Crippen LogP contribution < -0.4 is 5.32 Å². The molecule has 0 aliphatic heterocycles. The first-order valence-corrected chi connectivity index (χ1v) is 8.53. The van der Waals surface area contributed by atoms with Gasteiger partial charge in [0, 0.05) is 6.54 Å². The molecule has 0 radical (unpaired) electrons. The molecule has 138 valence electrons. The Balaban J connectivity index is 1.37. The van der Waals surface area contributed by atoms with Crippen molar-refractivity contribution in [3.05, 3.63) is 72.1 Å². The molecule has 0 aliphatic carbocycles. The summed E-state index contributed by atoms with van der Waals surface area (Å²) in [6, 6.07) is 16.6. The van der Waals surface area contributed by atoms with Gasteiger partial charge in [0.05, 0.1) is 11.3 Å². The van der Waals surface area contributed by atoms with E-state index in [9.17, 15) is 9.59 Å². The Morgan fingerprint density at radius 2 is 1.81 bits per heavy atom. The second-order valence-electron chi connectivity index (χ2n) is 5.82. The van der Waals surface area contributed by atoms with Crippen molar-refractivity contribution in [1.82, 2.24) is 25.5 Å². The zero-order chi connectivity index (χ0) is 18.9. The number of tetrazole rings is 1. The molecule has 0 spiro atoms. The lowest BCUT2D eigenvalue weighted by Crippen LogP contribution is -2.29. The minimum absolute atomic E-state index is 0.307. The summed E-state index contributed by atoms with van der Waals surface area (Å²) in [6.07, 6.45) is 3.16. The Labute approximate surface area is 156 Å². The van der Waals surface area contributed by atoms with Crippen molar-refractivity contribution in [2.24, 2.45) is 0 Å². The van der Waals surface area contributed by atoms with E-state index in [2.05, 4.69) is 20.8 Å². The van der Waals surface area contributed by atoms with Crippen LogP contribution >= 0.6 is 0 Å². The van der Waals surface area contributed by atoms with E-state index in [0.717, 1.165) is 12.8 Å². The summed E-state index contributed by atoms with van der Waals surface area (Å²) in [5.74, 6) is -0.876. The first-order chi connectivity index (χ1) is 13.2. The van der Waals surface area contributed by atoms with Gasteiger partial charge in [0.1, 0.15) is 6.33 Å². The monoisotopic (exact) mass is 365 g/mol. The minimum atomic E-state index is -0.558. The van der Waals surface area contributed by atoms with Crippen LogP contribution in [-0.2, 0) is 16.0 Å². The van der Waals surface area contributed by atoms with Gasteiger partial charge in [-0.1, -0.05) is 30.3 Å². The van der Waals surface area contributed by atoms with Gasteiger partial charge in [-0.15, -0.1) is 5.10 Å². The average molecular weight is 365 g/mol. The Morgan fingerprint density at radius 1 is 1.04 bits per heavy atom. The Bertz CT molecular complexity index is 864. The molecule has 1 heterocycles. The lowest BCUT2D eigenvalue weighted by atomic mass is 10.1. The minimum Gasteiger partial charge on any atom is -0.452 e. The van der Waals surface area contributed by atoms with E-state index in [1.54, 1.807) is 24.3 Å². The molecule has 1 amide bonds. The fourth-order valence-corrected chi connectivity index (χ4v) is 2.46. The molecule has 3 aromatic rings. The molecule has 0 fully saturated rings. The van der Waals surface area contributed by atoms with Crippen LogP contribution in [-0.4, -0.2) is 45.2 Å². The molecule has 8 nitrogen and oxygen atoms in total. The van der Waals surface area contributed by atoms with Crippen molar-refractivity contribution in [2.45, 2.75) is 12.8 Å². The zero-order valence-corrected chi connectivity index (χ0v) is 14.6. The maximum atomic E-state index is 12.0. The van der Waals surface area contributed by atoms with E-state index in [4.69, 9.17) is 4.74 Å². The molecule has 0 saturated heterocycles. The highest BCUT2D eigenvalue weighted by molar-refractivity contribution is 5.91. The molecule has 3 rings (SSSR count). The fraction of sp³-hybridized carbons (Fsp3) is 0.211. The van der Waals surface area contributed by atoms with Gasteiger partial charge >= 0.3 is 5.97 Å². The van der Waals surface area contributed by atoms with Gasteiger partial charge in [0.15, 0.2) is 6.61 Å². The van der Waals surface area contributed by atoms with Crippen molar-refractivity contribution >= 4 is 11.9 Å². The van der Waals surface area contributed by atoms with Crippen LogP contribution in [0.15, 0.2) is 60.9 Å². The smallest absolute Gasteiger partial charge is 0.338 e. The molecule has 0 aliphatic rings. The Kier molecular flexibility index (Phi) is 6.24. The zero-order valence-electron chi connectivity index (χ0n) is 14.6. The summed E-state index contributed by atoms with van der Waals surface area (Å²) >= 11 is 0. The molecule has 0 atom stereocenters. The number of ether oxygens (including phenoxy) is 1. The number of amides is 1. The van der Waals surface area contributed by atoms with E-state index in [1.165, 1.54) is 16.6 Å². The van der Waals surface area contributed by atoms with E-state index in [-0.39, 0.29) is 12.5 Å². The molecule has 1 aromatic heterocycles. The van der Waals surface area contributed by atoms with Crippen LogP contribution in [0.3, 0.4) is 0 Å². The summed E-state index contributed by atoms with van der Waals surface area (Å²) in [5, 5.41) is 13.6. The summed E-state index contributed by atoms with van der Waals surface area (Å²) in [5.41, 5.74) is 2.29. The predicted octanol–water partition coefficient (Wildman–Crippen LogP) is 1.57. The lowest BCUT2D eigenvalue weighted by Gasteiger charge is -2.07. The van der Waals surface area contributed by atoms with Gasteiger partial charge in [-0.2, -0.15) is 0 Å². The van der Waals surface area contributed by atoms with Gasteiger partial charge in [-0.25, -0.2) is 9.48 Å². The number of esters is 1. The van der Waals surface area contributed by atoms with E-state index < -0.39 is 5.97 Å². The third kappa shape index (κ3) is 5.46. The van der Waals surface area contributed by atoms with Crippen LogP contribution in [0, 0.1) is 0 Å². The molecule has 0 bridgehead atoms. The van der Waals surface area contributed by atoms with Crippen molar-refractivity contribution in [3.63, 3.8) is 0 Å². The van der Waals surface area contributed by atoms with Gasteiger partial charge in [0.2, 0.25) is 0 Å². The van der Waals surface area contributed by atoms with E-state index >= 15 is 0 Å². The number of hydrogen-bond acceptors (Lipinski definition) is 6. The number of carbonyl (C=O) groups is 2. The normalized spacial score (nSPS) is 10.4. The summed E-state index contributed by atoms with van der Waals surface area (Å²) < 4.78 is 6.51. The van der Waals surface area contributed by atoms with Gasteiger partial charge in [0.25, 0.3) is 5.91 Å². The van der Waals surface area contributed by atoms with E-state index in [0.29, 0.717) is 17.8 Å². The lowest BCUT2D eigenvalue weighted by molar-refractivity contribution is -0.124.